The van der Waals surface area contributed by atoms with Gasteiger partial charge in [-0.15, -0.1) is 0 Å². The van der Waals surface area contributed by atoms with Crippen molar-refractivity contribution in [2.45, 2.75) is 33.2 Å². The van der Waals surface area contributed by atoms with Crippen molar-refractivity contribution in [2.24, 2.45) is 11.7 Å². The Bertz CT molecular complexity index is 505. The Morgan fingerprint density at radius 2 is 2.00 bits per heavy atom. The maximum Gasteiger partial charge on any atom is 0.241 e. The average Bonchev–Trinajstić information content (AvgIpc) is 2.39. The van der Waals surface area contributed by atoms with Gasteiger partial charge in [-0.05, 0) is 24.1 Å². The molecule has 0 aromatic heterocycles. The van der Waals surface area contributed by atoms with Crippen LogP contribution in [-0.4, -0.2) is 17.9 Å². The first kappa shape index (κ1) is 16.5. The van der Waals surface area contributed by atoms with E-state index in [1.54, 1.807) is 18.2 Å². The van der Waals surface area contributed by atoms with Gasteiger partial charge in [0.25, 0.3) is 0 Å². The van der Waals surface area contributed by atoms with Crippen molar-refractivity contribution in [3.05, 3.63) is 23.2 Å². The lowest BCUT2D eigenvalue weighted by atomic mass is 9.99. The van der Waals surface area contributed by atoms with Gasteiger partial charge >= 0.3 is 0 Å². The van der Waals surface area contributed by atoms with Gasteiger partial charge in [0.1, 0.15) is 0 Å². The number of hydrogen-bond acceptors (Lipinski definition) is 3. The Hall–Kier alpha value is -1.59. The van der Waals surface area contributed by atoms with Crippen LogP contribution in [0.3, 0.4) is 0 Å². The van der Waals surface area contributed by atoms with Crippen molar-refractivity contribution in [2.75, 3.05) is 10.6 Å². The molecule has 2 unspecified atom stereocenters. The van der Waals surface area contributed by atoms with E-state index in [9.17, 15) is 9.59 Å². The molecule has 0 saturated heterocycles. The van der Waals surface area contributed by atoms with Crippen LogP contribution < -0.4 is 16.4 Å². The van der Waals surface area contributed by atoms with Crippen molar-refractivity contribution < 1.29 is 9.59 Å². The second-order valence-corrected chi connectivity index (χ2v) is 5.18. The molecular formula is C14H20ClN3O2. The molecular weight excluding hydrogens is 278 g/mol. The number of amides is 2. The van der Waals surface area contributed by atoms with Gasteiger partial charge in [-0.3, -0.25) is 9.59 Å². The van der Waals surface area contributed by atoms with Gasteiger partial charge in [-0.25, -0.2) is 0 Å². The first-order valence-electron chi connectivity index (χ1n) is 6.48. The largest absolute Gasteiger partial charge is 0.325 e. The summed E-state index contributed by atoms with van der Waals surface area (Å²) >= 11 is 6.03. The summed E-state index contributed by atoms with van der Waals surface area (Å²) in [5.41, 5.74) is 6.90. The summed E-state index contributed by atoms with van der Waals surface area (Å²) in [5.74, 6) is -0.353. The molecule has 0 saturated carbocycles. The van der Waals surface area contributed by atoms with E-state index < -0.39 is 6.04 Å². The molecule has 0 aliphatic heterocycles. The zero-order valence-corrected chi connectivity index (χ0v) is 12.6. The maximum absolute atomic E-state index is 11.9. The summed E-state index contributed by atoms with van der Waals surface area (Å²) in [7, 11) is 0. The van der Waals surface area contributed by atoms with Gasteiger partial charge in [0.2, 0.25) is 11.8 Å². The number of hydrogen-bond donors (Lipinski definition) is 3. The number of carbonyl (C=O) groups excluding carboxylic acids is 2. The zero-order valence-electron chi connectivity index (χ0n) is 11.9. The van der Waals surface area contributed by atoms with Crippen LogP contribution in [0, 0.1) is 5.92 Å². The third kappa shape index (κ3) is 4.51. The monoisotopic (exact) mass is 297 g/mol. The predicted octanol–water partition coefficient (Wildman–Crippen LogP) is 2.61. The molecule has 5 nitrogen and oxygen atoms in total. The van der Waals surface area contributed by atoms with E-state index in [0.29, 0.717) is 16.4 Å². The second kappa shape index (κ2) is 7.26. The molecule has 20 heavy (non-hydrogen) atoms. The van der Waals surface area contributed by atoms with E-state index in [-0.39, 0.29) is 17.7 Å². The molecule has 0 heterocycles. The molecule has 0 spiro atoms. The quantitative estimate of drug-likeness (QED) is 0.781. The van der Waals surface area contributed by atoms with Gasteiger partial charge in [0.15, 0.2) is 0 Å². The molecule has 2 amide bonds. The molecule has 6 heteroatoms. The topological polar surface area (TPSA) is 84.2 Å². The maximum atomic E-state index is 11.9. The van der Waals surface area contributed by atoms with Gasteiger partial charge in [0, 0.05) is 12.6 Å². The smallest absolute Gasteiger partial charge is 0.241 e. The molecule has 0 radical (unpaired) electrons. The number of carbonyl (C=O) groups is 2. The summed E-state index contributed by atoms with van der Waals surface area (Å²) < 4.78 is 0. The minimum absolute atomic E-state index is 0.101. The lowest BCUT2D eigenvalue weighted by Crippen LogP contribution is -2.40. The predicted molar refractivity (Wildman–Crippen MR) is 81.8 cm³/mol. The Kier molecular flexibility index (Phi) is 5.98. The highest BCUT2D eigenvalue weighted by molar-refractivity contribution is 6.34. The highest BCUT2D eigenvalue weighted by Gasteiger charge is 2.19. The van der Waals surface area contributed by atoms with Gasteiger partial charge in [0.05, 0.1) is 16.8 Å². The van der Waals surface area contributed by atoms with E-state index in [2.05, 4.69) is 10.6 Å². The highest BCUT2D eigenvalue weighted by atomic mass is 35.5. The summed E-state index contributed by atoms with van der Waals surface area (Å²) in [6.45, 7) is 5.31. The number of anilines is 2. The van der Waals surface area contributed by atoms with Crippen molar-refractivity contribution in [1.82, 2.24) is 0 Å². The molecule has 1 aromatic rings. The van der Waals surface area contributed by atoms with E-state index in [1.165, 1.54) is 6.92 Å². The van der Waals surface area contributed by atoms with Crippen molar-refractivity contribution in [1.29, 1.82) is 0 Å². The first-order valence-corrected chi connectivity index (χ1v) is 6.86. The van der Waals surface area contributed by atoms with Crippen LogP contribution in [0.15, 0.2) is 18.2 Å². The van der Waals surface area contributed by atoms with Crippen LogP contribution in [0.5, 0.6) is 0 Å². The minimum Gasteiger partial charge on any atom is -0.325 e. The van der Waals surface area contributed by atoms with Gasteiger partial charge in [-0.1, -0.05) is 31.9 Å². The number of halogens is 1. The number of rotatable bonds is 5. The van der Waals surface area contributed by atoms with Gasteiger partial charge in [-0.2, -0.15) is 0 Å². The van der Waals surface area contributed by atoms with Crippen LogP contribution in [0.4, 0.5) is 11.4 Å². The fraction of sp³-hybridized carbons (Fsp3) is 0.429. The minimum atomic E-state index is -0.561. The second-order valence-electron chi connectivity index (χ2n) is 4.78. The summed E-state index contributed by atoms with van der Waals surface area (Å²) in [6, 6.07) is 4.31. The molecule has 2 atom stereocenters. The van der Waals surface area contributed by atoms with E-state index >= 15 is 0 Å². The number of benzene rings is 1. The Balaban J connectivity index is 2.76. The zero-order chi connectivity index (χ0) is 15.3. The lowest BCUT2D eigenvalue weighted by molar-refractivity contribution is -0.118. The van der Waals surface area contributed by atoms with Crippen molar-refractivity contribution >= 4 is 34.8 Å². The highest BCUT2D eigenvalue weighted by Crippen LogP contribution is 2.25. The summed E-state index contributed by atoms with van der Waals surface area (Å²) in [5, 5.41) is 5.67. The molecule has 0 fully saturated rings. The molecule has 0 aliphatic carbocycles. The Morgan fingerprint density at radius 3 is 2.50 bits per heavy atom. The van der Waals surface area contributed by atoms with Gasteiger partial charge < -0.3 is 16.4 Å². The van der Waals surface area contributed by atoms with E-state index in [4.69, 9.17) is 17.3 Å². The van der Waals surface area contributed by atoms with Crippen LogP contribution in [-0.2, 0) is 9.59 Å². The summed E-state index contributed by atoms with van der Waals surface area (Å²) in [4.78, 5) is 22.9. The number of nitrogens with one attached hydrogen (secondary N) is 2. The number of nitrogens with two attached hydrogens (primary N) is 1. The van der Waals surface area contributed by atoms with Crippen LogP contribution in [0.2, 0.25) is 5.02 Å². The molecule has 4 N–H and O–H groups in total. The molecule has 1 rings (SSSR count). The summed E-state index contributed by atoms with van der Waals surface area (Å²) in [6.07, 6.45) is 0.830. The Morgan fingerprint density at radius 1 is 1.35 bits per heavy atom. The van der Waals surface area contributed by atoms with E-state index in [0.717, 1.165) is 6.42 Å². The molecule has 1 aromatic carbocycles. The fourth-order valence-electron chi connectivity index (χ4n) is 1.62. The Labute approximate surface area is 123 Å². The third-order valence-corrected chi connectivity index (χ3v) is 3.42. The van der Waals surface area contributed by atoms with E-state index in [1.807, 2.05) is 13.8 Å². The SMILES string of the molecule is CCC(C)C(N)C(=O)Nc1ccc(NC(C)=O)c(Cl)c1. The van der Waals surface area contributed by atoms with Crippen LogP contribution in [0.25, 0.3) is 0 Å². The average molecular weight is 298 g/mol. The lowest BCUT2D eigenvalue weighted by Gasteiger charge is -2.18. The van der Waals surface area contributed by atoms with Crippen LogP contribution >= 0.6 is 11.6 Å². The normalized spacial score (nSPS) is 13.4. The van der Waals surface area contributed by atoms with Crippen molar-refractivity contribution in [3.63, 3.8) is 0 Å². The molecule has 0 bridgehead atoms. The van der Waals surface area contributed by atoms with Crippen molar-refractivity contribution in [3.8, 4) is 0 Å². The third-order valence-electron chi connectivity index (χ3n) is 3.11. The first-order chi connectivity index (χ1) is 9.35. The van der Waals surface area contributed by atoms with Crippen LogP contribution in [0.1, 0.15) is 27.2 Å². The fourth-order valence-corrected chi connectivity index (χ4v) is 1.85. The standard InChI is InChI=1S/C14H20ClN3O2/c1-4-8(2)13(16)14(20)18-10-5-6-12(11(15)7-10)17-9(3)19/h5-8,13H,4,16H2,1-3H3,(H,17,19)(H,18,20). The molecule has 0 aliphatic rings. The molecule has 110 valence electrons.